The number of hydrogen-bond acceptors (Lipinski definition) is 4. The normalized spacial score (nSPS) is 15.1. The number of hydrogen-bond donors (Lipinski definition) is 1. The molecular formula is C16H20N4O2S. The minimum atomic E-state index is -0.261. The third kappa shape index (κ3) is 3.01. The summed E-state index contributed by atoms with van der Waals surface area (Å²) in [6.45, 7) is 3.25. The standard InChI is InChI=1S/C16H20N4O2S/c1-3-12(20-7-4-6-18-20)16(22)19-8-5-13-11(10-19)9-14(23-13)15(21)17-2/h4,6-7,9,12H,3,5,8,10H2,1-2H3,(H,17,21). The van der Waals surface area contributed by atoms with Crippen molar-refractivity contribution in [2.75, 3.05) is 13.6 Å². The van der Waals surface area contributed by atoms with Crippen LogP contribution in [0.4, 0.5) is 0 Å². The first-order valence-corrected chi connectivity index (χ1v) is 8.57. The Labute approximate surface area is 139 Å². The SMILES string of the molecule is CCC(C(=O)N1CCc2sc(C(=O)NC)cc2C1)n1cccn1. The second-order valence-electron chi connectivity index (χ2n) is 5.56. The van der Waals surface area contributed by atoms with E-state index in [1.807, 2.05) is 30.2 Å². The van der Waals surface area contributed by atoms with E-state index in [9.17, 15) is 9.59 Å². The van der Waals surface area contributed by atoms with Crippen LogP contribution in [0.5, 0.6) is 0 Å². The number of amides is 2. The molecular weight excluding hydrogens is 312 g/mol. The Bertz CT molecular complexity index is 708. The molecule has 1 aliphatic rings. The summed E-state index contributed by atoms with van der Waals surface area (Å²) < 4.78 is 1.72. The second-order valence-corrected chi connectivity index (χ2v) is 6.69. The Balaban J connectivity index is 1.77. The summed E-state index contributed by atoms with van der Waals surface area (Å²) >= 11 is 1.53. The molecule has 2 aromatic heterocycles. The number of carbonyl (C=O) groups excluding carboxylic acids is 2. The molecule has 1 unspecified atom stereocenters. The fourth-order valence-electron chi connectivity index (χ4n) is 2.91. The highest BCUT2D eigenvalue weighted by atomic mass is 32.1. The van der Waals surface area contributed by atoms with Crippen LogP contribution in [0.25, 0.3) is 0 Å². The average molecular weight is 332 g/mol. The summed E-state index contributed by atoms with van der Waals surface area (Å²) in [5.74, 6) is 0.0276. The molecule has 0 aliphatic carbocycles. The Hall–Kier alpha value is -2.15. The van der Waals surface area contributed by atoms with Crippen LogP contribution in [-0.4, -0.2) is 40.1 Å². The molecule has 2 amide bonds. The van der Waals surface area contributed by atoms with Crippen molar-refractivity contribution in [2.24, 2.45) is 0 Å². The molecule has 0 bridgehead atoms. The maximum absolute atomic E-state index is 12.8. The molecule has 0 fully saturated rings. The maximum atomic E-state index is 12.8. The van der Waals surface area contributed by atoms with Crippen molar-refractivity contribution >= 4 is 23.2 Å². The first-order chi connectivity index (χ1) is 11.1. The van der Waals surface area contributed by atoms with Gasteiger partial charge in [-0.25, -0.2) is 0 Å². The van der Waals surface area contributed by atoms with Gasteiger partial charge in [-0.05, 0) is 30.5 Å². The zero-order valence-corrected chi connectivity index (χ0v) is 14.1. The largest absolute Gasteiger partial charge is 0.354 e. The number of nitrogens with zero attached hydrogens (tertiary/aromatic N) is 3. The summed E-state index contributed by atoms with van der Waals surface area (Å²) in [5, 5.41) is 6.85. The summed E-state index contributed by atoms with van der Waals surface area (Å²) in [7, 11) is 1.63. The molecule has 1 atom stereocenters. The number of rotatable bonds is 4. The van der Waals surface area contributed by atoms with E-state index in [2.05, 4.69) is 10.4 Å². The topological polar surface area (TPSA) is 67.2 Å². The molecule has 0 saturated heterocycles. The van der Waals surface area contributed by atoms with E-state index in [0.717, 1.165) is 12.0 Å². The summed E-state index contributed by atoms with van der Waals surface area (Å²) in [4.78, 5) is 28.4. The highest BCUT2D eigenvalue weighted by Crippen LogP contribution is 2.29. The van der Waals surface area contributed by atoms with E-state index in [4.69, 9.17) is 0 Å². The van der Waals surface area contributed by atoms with Crippen LogP contribution in [-0.2, 0) is 17.8 Å². The summed E-state index contributed by atoms with van der Waals surface area (Å²) in [6.07, 6.45) is 5.03. The van der Waals surface area contributed by atoms with E-state index in [0.29, 0.717) is 24.4 Å². The minimum Gasteiger partial charge on any atom is -0.354 e. The lowest BCUT2D eigenvalue weighted by atomic mass is 10.1. The van der Waals surface area contributed by atoms with Gasteiger partial charge in [-0.2, -0.15) is 5.10 Å². The Morgan fingerprint density at radius 1 is 1.48 bits per heavy atom. The zero-order valence-electron chi connectivity index (χ0n) is 13.3. The van der Waals surface area contributed by atoms with E-state index >= 15 is 0 Å². The van der Waals surface area contributed by atoms with Crippen LogP contribution >= 0.6 is 11.3 Å². The van der Waals surface area contributed by atoms with Crippen LogP contribution in [0.2, 0.25) is 0 Å². The van der Waals surface area contributed by atoms with E-state index in [-0.39, 0.29) is 17.9 Å². The summed E-state index contributed by atoms with van der Waals surface area (Å²) in [5.41, 5.74) is 1.09. The van der Waals surface area contributed by atoms with Crippen molar-refractivity contribution in [1.29, 1.82) is 0 Å². The van der Waals surface area contributed by atoms with E-state index in [1.165, 1.54) is 16.2 Å². The van der Waals surface area contributed by atoms with Crippen LogP contribution in [0, 0.1) is 0 Å². The molecule has 6 nitrogen and oxygen atoms in total. The fourth-order valence-corrected chi connectivity index (χ4v) is 4.02. The van der Waals surface area contributed by atoms with Crippen molar-refractivity contribution in [1.82, 2.24) is 20.0 Å². The maximum Gasteiger partial charge on any atom is 0.261 e. The van der Waals surface area contributed by atoms with Gasteiger partial charge in [0.05, 0.1) is 4.88 Å². The Morgan fingerprint density at radius 3 is 2.96 bits per heavy atom. The lowest BCUT2D eigenvalue weighted by molar-refractivity contribution is -0.136. The number of thiophene rings is 1. The van der Waals surface area contributed by atoms with Gasteiger partial charge in [0.2, 0.25) is 5.91 Å². The smallest absolute Gasteiger partial charge is 0.261 e. The van der Waals surface area contributed by atoms with Gasteiger partial charge in [-0.3, -0.25) is 14.3 Å². The molecule has 0 aromatic carbocycles. The first kappa shape index (κ1) is 15.7. The van der Waals surface area contributed by atoms with Crippen LogP contribution in [0.1, 0.15) is 39.5 Å². The average Bonchev–Trinajstić information content (AvgIpc) is 3.23. The zero-order chi connectivity index (χ0) is 16.4. The third-order valence-corrected chi connectivity index (χ3v) is 5.38. The summed E-state index contributed by atoms with van der Waals surface area (Å²) in [6, 6.07) is 3.48. The van der Waals surface area contributed by atoms with Gasteiger partial charge < -0.3 is 10.2 Å². The third-order valence-electron chi connectivity index (χ3n) is 4.15. The molecule has 3 heterocycles. The molecule has 3 rings (SSSR count). The van der Waals surface area contributed by atoms with Crippen molar-refractivity contribution in [3.8, 4) is 0 Å². The fraction of sp³-hybridized carbons (Fsp3) is 0.438. The molecule has 1 N–H and O–H groups in total. The van der Waals surface area contributed by atoms with Crippen molar-refractivity contribution < 1.29 is 9.59 Å². The monoisotopic (exact) mass is 332 g/mol. The molecule has 0 saturated carbocycles. The number of carbonyl (C=O) groups is 2. The predicted octanol–water partition coefficient (Wildman–Crippen LogP) is 1.84. The second kappa shape index (κ2) is 6.54. The number of aromatic nitrogens is 2. The lowest BCUT2D eigenvalue weighted by Crippen LogP contribution is -2.40. The van der Waals surface area contributed by atoms with Crippen LogP contribution < -0.4 is 5.32 Å². The Kier molecular flexibility index (Phi) is 4.47. The van der Waals surface area contributed by atoms with Gasteiger partial charge in [0, 0.05) is 37.4 Å². The number of nitrogens with one attached hydrogen (secondary N) is 1. The Morgan fingerprint density at radius 2 is 2.30 bits per heavy atom. The van der Waals surface area contributed by atoms with Crippen molar-refractivity contribution in [3.05, 3.63) is 39.8 Å². The van der Waals surface area contributed by atoms with Crippen molar-refractivity contribution in [2.45, 2.75) is 32.4 Å². The first-order valence-electron chi connectivity index (χ1n) is 7.75. The molecule has 2 aromatic rings. The molecule has 0 spiro atoms. The molecule has 23 heavy (non-hydrogen) atoms. The minimum absolute atomic E-state index is 0.0646. The highest BCUT2D eigenvalue weighted by Gasteiger charge is 2.29. The van der Waals surface area contributed by atoms with Gasteiger partial charge in [0.25, 0.3) is 5.91 Å². The van der Waals surface area contributed by atoms with E-state index < -0.39 is 0 Å². The molecule has 7 heteroatoms. The predicted molar refractivity (Wildman–Crippen MR) is 88.4 cm³/mol. The van der Waals surface area contributed by atoms with Gasteiger partial charge in [-0.15, -0.1) is 11.3 Å². The van der Waals surface area contributed by atoms with Crippen LogP contribution in [0.15, 0.2) is 24.5 Å². The van der Waals surface area contributed by atoms with Crippen LogP contribution in [0.3, 0.4) is 0 Å². The van der Waals surface area contributed by atoms with Gasteiger partial charge in [0.15, 0.2) is 0 Å². The van der Waals surface area contributed by atoms with Crippen molar-refractivity contribution in [3.63, 3.8) is 0 Å². The number of fused-ring (bicyclic) bond motifs is 1. The molecule has 1 aliphatic heterocycles. The van der Waals surface area contributed by atoms with Gasteiger partial charge in [0.1, 0.15) is 6.04 Å². The van der Waals surface area contributed by atoms with Gasteiger partial charge in [-0.1, -0.05) is 6.92 Å². The molecule has 0 radical (unpaired) electrons. The lowest BCUT2D eigenvalue weighted by Gasteiger charge is -2.30. The quantitative estimate of drug-likeness (QED) is 0.929. The highest BCUT2D eigenvalue weighted by molar-refractivity contribution is 7.14. The molecule has 122 valence electrons. The van der Waals surface area contributed by atoms with Gasteiger partial charge >= 0.3 is 0 Å². The van der Waals surface area contributed by atoms with E-state index in [1.54, 1.807) is 17.9 Å².